The number of anilines is 2. The van der Waals surface area contributed by atoms with E-state index in [2.05, 4.69) is 38.8 Å². The summed E-state index contributed by atoms with van der Waals surface area (Å²) in [6, 6.07) is 7.08. The summed E-state index contributed by atoms with van der Waals surface area (Å²) in [5.74, 6) is 1.12. The summed E-state index contributed by atoms with van der Waals surface area (Å²) in [4.78, 5) is 8.57. The summed E-state index contributed by atoms with van der Waals surface area (Å²) in [6.45, 7) is 2.31. The van der Waals surface area contributed by atoms with Crippen molar-refractivity contribution in [3.63, 3.8) is 0 Å². The van der Waals surface area contributed by atoms with Crippen LogP contribution in [0.3, 0.4) is 0 Å². The van der Waals surface area contributed by atoms with E-state index in [0.29, 0.717) is 6.04 Å². The summed E-state index contributed by atoms with van der Waals surface area (Å²) < 4.78 is 0. The highest BCUT2D eigenvalue weighted by Crippen LogP contribution is 2.35. The molecule has 4 heteroatoms. The van der Waals surface area contributed by atoms with Crippen LogP contribution < -0.4 is 10.2 Å². The highest BCUT2D eigenvalue weighted by molar-refractivity contribution is 7.10. The lowest BCUT2D eigenvalue weighted by Gasteiger charge is -2.25. The SMILES string of the molecule is c1cc2c(s1)CCCC2Nc1ccc(N2CCCC2)nc1. The third kappa shape index (κ3) is 2.64. The van der Waals surface area contributed by atoms with E-state index >= 15 is 0 Å². The molecule has 0 spiro atoms. The zero-order valence-corrected chi connectivity index (χ0v) is 13.0. The molecule has 4 rings (SSSR count). The minimum Gasteiger partial charge on any atom is -0.377 e. The summed E-state index contributed by atoms with van der Waals surface area (Å²) in [6.07, 6.45) is 8.34. The Hall–Kier alpha value is -1.55. The fourth-order valence-corrected chi connectivity index (χ4v) is 4.43. The predicted octanol–water partition coefficient (Wildman–Crippen LogP) is 4.23. The molecule has 1 atom stereocenters. The second kappa shape index (κ2) is 5.68. The molecule has 3 nitrogen and oxygen atoms in total. The van der Waals surface area contributed by atoms with Gasteiger partial charge in [0.05, 0.1) is 17.9 Å². The quantitative estimate of drug-likeness (QED) is 0.919. The van der Waals surface area contributed by atoms with Crippen molar-refractivity contribution in [3.8, 4) is 0 Å². The zero-order chi connectivity index (χ0) is 14.1. The molecule has 1 unspecified atom stereocenters. The Balaban J connectivity index is 1.48. The van der Waals surface area contributed by atoms with Gasteiger partial charge in [-0.3, -0.25) is 0 Å². The summed E-state index contributed by atoms with van der Waals surface area (Å²) >= 11 is 1.90. The monoisotopic (exact) mass is 299 g/mol. The summed E-state index contributed by atoms with van der Waals surface area (Å²) in [5, 5.41) is 5.89. The lowest BCUT2D eigenvalue weighted by Crippen LogP contribution is -2.19. The molecule has 2 aromatic heterocycles. The van der Waals surface area contributed by atoms with Crippen molar-refractivity contribution in [1.29, 1.82) is 0 Å². The van der Waals surface area contributed by atoms with Crippen molar-refractivity contribution < 1.29 is 0 Å². The third-order valence-electron chi connectivity index (χ3n) is 4.57. The number of nitrogens with one attached hydrogen (secondary N) is 1. The van der Waals surface area contributed by atoms with Crippen LogP contribution in [0.2, 0.25) is 0 Å². The third-order valence-corrected chi connectivity index (χ3v) is 5.57. The van der Waals surface area contributed by atoms with E-state index < -0.39 is 0 Å². The first kappa shape index (κ1) is 13.1. The number of nitrogens with zero attached hydrogens (tertiary/aromatic N) is 2. The van der Waals surface area contributed by atoms with Crippen molar-refractivity contribution in [2.45, 2.75) is 38.1 Å². The molecule has 0 bridgehead atoms. The molecule has 1 aliphatic heterocycles. The average Bonchev–Trinajstić information content (AvgIpc) is 3.20. The van der Waals surface area contributed by atoms with Gasteiger partial charge in [0.25, 0.3) is 0 Å². The average molecular weight is 299 g/mol. The van der Waals surface area contributed by atoms with Crippen molar-refractivity contribution in [1.82, 2.24) is 4.98 Å². The fourth-order valence-electron chi connectivity index (χ4n) is 3.44. The van der Waals surface area contributed by atoms with Gasteiger partial charge in [0.15, 0.2) is 0 Å². The van der Waals surface area contributed by atoms with Gasteiger partial charge in [-0.25, -0.2) is 4.98 Å². The number of thiophene rings is 1. The topological polar surface area (TPSA) is 28.2 Å². The Kier molecular flexibility index (Phi) is 3.55. The molecular weight excluding hydrogens is 278 g/mol. The van der Waals surface area contributed by atoms with Crippen LogP contribution in [0.1, 0.15) is 42.2 Å². The fraction of sp³-hybridized carbons (Fsp3) is 0.471. The molecule has 3 heterocycles. The van der Waals surface area contributed by atoms with Crippen molar-refractivity contribution in [2.75, 3.05) is 23.3 Å². The van der Waals surface area contributed by atoms with Gasteiger partial charge in [0, 0.05) is 18.0 Å². The molecule has 0 radical (unpaired) electrons. The predicted molar refractivity (Wildman–Crippen MR) is 89.3 cm³/mol. The van der Waals surface area contributed by atoms with Crippen LogP contribution in [0.5, 0.6) is 0 Å². The first-order chi connectivity index (χ1) is 10.4. The number of fused-ring (bicyclic) bond motifs is 1. The van der Waals surface area contributed by atoms with Gasteiger partial charge in [0.1, 0.15) is 5.82 Å². The van der Waals surface area contributed by atoms with E-state index in [9.17, 15) is 0 Å². The molecule has 2 aliphatic rings. The second-order valence-electron chi connectivity index (χ2n) is 5.99. The van der Waals surface area contributed by atoms with Crippen LogP contribution >= 0.6 is 11.3 Å². The highest BCUT2D eigenvalue weighted by Gasteiger charge is 2.21. The smallest absolute Gasteiger partial charge is 0.128 e. The van der Waals surface area contributed by atoms with Gasteiger partial charge >= 0.3 is 0 Å². The van der Waals surface area contributed by atoms with Crippen LogP contribution in [0, 0.1) is 0 Å². The first-order valence-corrected chi connectivity index (χ1v) is 8.82. The van der Waals surface area contributed by atoms with Crippen molar-refractivity contribution in [3.05, 3.63) is 40.2 Å². The highest BCUT2D eigenvalue weighted by atomic mass is 32.1. The number of rotatable bonds is 3. The Bertz CT molecular complexity index is 599. The van der Waals surface area contributed by atoms with Gasteiger partial charge in [0.2, 0.25) is 0 Å². The van der Waals surface area contributed by atoms with Crippen LogP contribution in [0.4, 0.5) is 11.5 Å². The molecule has 2 aromatic rings. The molecule has 1 N–H and O–H groups in total. The van der Waals surface area contributed by atoms with E-state index in [1.807, 2.05) is 17.5 Å². The molecular formula is C17H21N3S. The molecule has 1 saturated heterocycles. The molecule has 21 heavy (non-hydrogen) atoms. The van der Waals surface area contributed by atoms with E-state index in [-0.39, 0.29) is 0 Å². The minimum absolute atomic E-state index is 0.458. The normalized spacial score (nSPS) is 21.3. The van der Waals surface area contributed by atoms with E-state index in [0.717, 1.165) is 24.6 Å². The minimum atomic E-state index is 0.458. The Labute approximate surface area is 130 Å². The van der Waals surface area contributed by atoms with Crippen LogP contribution in [0.25, 0.3) is 0 Å². The number of aryl methyl sites for hydroxylation is 1. The largest absolute Gasteiger partial charge is 0.377 e. The lowest BCUT2D eigenvalue weighted by molar-refractivity contribution is 0.608. The van der Waals surface area contributed by atoms with Gasteiger partial charge in [-0.2, -0.15) is 0 Å². The maximum absolute atomic E-state index is 4.64. The van der Waals surface area contributed by atoms with Gasteiger partial charge in [-0.1, -0.05) is 0 Å². The Morgan fingerprint density at radius 3 is 2.86 bits per heavy atom. The zero-order valence-electron chi connectivity index (χ0n) is 12.2. The van der Waals surface area contributed by atoms with Crippen LogP contribution in [-0.4, -0.2) is 18.1 Å². The first-order valence-electron chi connectivity index (χ1n) is 7.94. The van der Waals surface area contributed by atoms with Crippen LogP contribution in [-0.2, 0) is 6.42 Å². The molecule has 0 amide bonds. The molecule has 1 fully saturated rings. The molecule has 0 saturated carbocycles. The maximum Gasteiger partial charge on any atom is 0.128 e. The Morgan fingerprint density at radius 1 is 1.14 bits per heavy atom. The van der Waals surface area contributed by atoms with Gasteiger partial charge < -0.3 is 10.2 Å². The molecule has 110 valence electrons. The van der Waals surface area contributed by atoms with Crippen LogP contribution in [0.15, 0.2) is 29.8 Å². The molecule has 0 aromatic carbocycles. The summed E-state index contributed by atoms with van der Waals surface area (Å²) in [5.41, 5.74) is 2.64. The van der Waals surface area contributed by atoms with E-state index in [1.165, 1.54) is 37.7 Å². The van der Waals surface area contributed by atoms with E-state index in [4.69, 9.17) is 0 Å². The second-order valence-corrected chi connectivity index (χ2v) is 6.99. The number of pyridine rings is 1. The Morgan fingerprint density at radius 2 is 2.05 bits per heavy atom. The standard InChI is InChI=1S/C17H21N3S/c1-2-10-20(9-1)17-7-6-13(12-18-17)19-15-4-3-5-16-14(15)8-11-21-16/h6-8,11-12,15,19H,1-5,9-10H2. The molecule has 1 aliphatic carbocycles. The van der Waals surface area contributed by atoms with Gasteiger partial charge in [-0.15, -0.1) is 11.3 Å². The van der Waals surface area contributed by atoms with Crippen molar-refractivity contribution in [2.24, 2.45) is 0 Å². The summed E-state index contributed by atoms with van der Waals surface area (Å²) in [7, 11) is 0. The number of hydrogen-bond donors (Lipinski definition) is 1. The number of aromatic nitrogens is 1. The van der Waals surface area contributed by atoms with E-state index in [1.54, 1.807) is 4.88 Å². The lowest BCUT2D eigenvalue weighted by atomic mass is 9.94. The maximum atomic E-state index is 4.64. The van der Waals surface area contributed by atoms with Crippen molar-refractivity contribution >= 4 is 22.8 Å². The number of hydrogen-bond acceptors (Lipinski definition) is 4. The van der Waals surface area contributed by atoms with Gasteiger partial charge in [-0.05, 0) is 61.2 Å².